The molecule has 2 fully saturated rings. The molecule has 2 saturated heterocycles. The van der Waals surface area contributed by atoms with Crippen LogP contribution in [0.4, 0.5) is 5.69 Å². The molecule has 3 atom stereocenters. The number of aryl methyl sites for hydroxylation is 1. The van der Waals surface area contributed by atoms with Crippen molar-refractivity contribution < 1.29 is 24.2 Å². The number of anilines is 1. The van der Waals surface area contributed by atoms with E-state index in [9.17, 15) is 19.5 Å². The van der Waals surface area contributed by atoms with Crippen molar-refractivity contribution in [1.29, 1.82) is 0 Å². The van der Waals surface area contributed by atoms with Crippen LogP contribution in [0.25, 0.3) is 0 Å². The number of piperidine rings is 1. The second-order valence-corrected chi connectivity index (χ2v) is 14.7. The highest BCUT2D eigenvalue weighted by molar-refractivity contribution is 6.23. The third-order valence-corrected chi connectivity index (χ3v) is 11.5. The van der Waals surface area contributed by atoms with E-state index in [0.717, 1.165) is 63.3 Å². The fourth-order valence-electron chi connectivity index (χ4n) is 8.65. The first-order valence-electron chi connectivity index (χ1n) is 18.9. The number of benzene rings is 4. The molecule has 2 N–H and O–H groups in total. The number of amides is 3. The number of piperazine rings is 1. The quantitative estimate of drug-likeness (QED) is 0.141. The Balaban J connectivity index is 0.811. The van der Waals surface area contributed by atoms with E-state index >= 15 is 0 Å². The van der Waals surface area contributed by atoms with Crippen LogP contribution in [-0.4, -0.2) is 78.0 Å². The lowest BCUT2D eigenvalue weighted by atomic mass is 9.69. The highest BCUT2D eigenvalue weighted by atomic mass is 16.5. The van der Waals surface area contributed by atoms with Crippen molar-refractivity contribution in [2.75, 3.05) is 44.2 Å². The van der Waals surface area contributed by atoms with Crippen LogP contribution >= 0.6 is 0 Å². The van der Waals surface area contributed by atoms with E-state index in [2.05, 4.69) is 82.4 Å². The zero-order chi connectivity index (χ0) is 36.5. The average molecular weight is 711 g/mol. The standard InChI is InChI=1S/C44H46N4O5/c1-29-9-20-40(42(50)45-29)48-43(51)38-19-16-35(28-39(38)44(48)52)53-26-6-5-21-46-22-24-47(25-23-46)33-13-10-31(11-14-33)41-36(30-7-3-2-4-8-30)17-12-32-27-34(49)15-18-37(32)41/h2-4,7-8,10-11,13-16,18-19,27-28,36,40-41,49H,1,5-6,9,12,17,20-26H2,(H,45,50)/t36-,40?,41+/m0/s1. The summed E-state index contributed by atoms with van der Waals surface area (Å²) in [7, 11) is 0. The van der Waals surface area contributed by atoms with Crippen LogP contribution in [0, 0.1) is 0 Å². The van der Waals surface area contributed by atoms with Crippen molar-refractivity contribution >= 4 is 23.4 Å². The normalized spacial score (nSPS) is 21.7. The van der Waals surface area contributed by atoms with Gasteiger partial charge in [-0.25, -0.2) is 0 Å². The predicted octanol–water partition coefficient (Wildman–Crippen LogP) is 6.62. The zero-order valence-electron chi connectivity index (χ0n) is 30.0. The van der Waals surface area contributed by atoms with Crippen molar-refractivity contribution in [3.05, 3.63) is 137 Å². The van der Waals surface area contributed by atoms with E-state index in [1.807, 2.05) is 12.1 Å². The van der Waals surface area contributed by atoms with Gasteiger partial charge in [0.25, 0.3) is 11.8 Å². The van der Waals surface area contributed by atoms with Gasteiger partial charge in [-0.15, -0.1) is 0 Å². The molecular formula is C44H46N4O5. The van der Waals surface area contributed by atoms with Crippen LogP contribution in [0.1, 0.15) is 86.9 Å². The van der Waals surface area contributed by atoms with Crippen LogP contribution in [-0.2, 0) is 11.2 Å². The molecular weight excluding hydrogens is 665 g/mol. The van der Waals surface area contributed by atoms with Crippen LogP contribution in [0.2, 0.25) is 0 Å². The Morgan fingerprint density at radius 2 is 1.55 bits per heavy atom. The number of carbonyl (C=O) groups is 3. The van der Waals surface area contributed by atoms with Gasteiger partial charge in [0.05, 0.1) is 17.7 Å². The molecule has 4 aromatic carbocycles. The number of hydrogen-bond acceptors (Lipinski definition) is 7. The number of hydrogen-bond donors (Lipinski definition) is 2. The van der Waals surface area contributed by atoms with Crippen molar-refractivity contribution in [2.24, 2.45) is 0 Å². The summed E-state index contributed by atoms with van der Waals surface area (Å²) in [6.07, 6.45) is 4.80. The molecule has 0 saturated carbocycles. The maximum absolute atomic E-state index is 13.2. The maximum atomic E-state index is 13.2. The smallest absolute Gasteiger partial charge is 0.262 e. The average Bonchev–Trinajstić information content (AvgIpc) is 3.42. The summed E-state index contributed by atoms with van der Waals surface area (Å²) >= 11 is 0. The van der Waals surface area contributed by atoms with Crippen LogP contribution < -0.4 is 15.0 Å². The molecule has 0 bridgehead atoms. The molecule has 3 heterocycles. The second kappa shape index (κ2) is 14.9. The van der Waals surface area contributed by atoms with E-state index in [1.165, 1.54) is 27.9 Å². The minimum absolute atomic E-state index is 0.244. The zero-order valence-corrected chi connectivity index (χ0v) is 30.0. The third kappa shape index (κ3) is 7.05. The lowest BCUT2D eigenvalue weighted by molar-refractivity contribution is -0.125. The topological polar surface area (TPSA) is 102 Å². The van der Waals surface area contributed by atoms with Gasteiger partial charge in [-0.3, -0.25) is 24.2 Å². The van der Waals surface area contributed by atoms with Crippen molar-refractivity contribution in [3.63, 3.8) is 0 Å². The summed E-state index contributed by atoms with van der Waals surface area (Å²) in [6.45, 7) is 9.25. The maximum Gasteiger partial charge on any atom is 0.262 e. The van der Waals surface area contributed by atoms with Crippen LogP contribution in [0.3, 0.4) is 0 Å². The Labute approximate surface area is 310 Å². The third-order valence-electron chi connectivity index (χ3n) is 11.5. The number of nitrogens with zero attached hydrogens (tertiary/aromatic N) is 3. The van der Waals surface area contributed by atoms with Crippen LogP contribution in [0.5, 0.6) is 11.5 Å². The van der Waals surface area contributed by atoms with Crippen molar-refractivity contribution in [1.82, 2.24) is 15.1 Å². The summed E-state index contributed by atoms with van der Waals surface area (Å²) < 4.78 is 5.99. The number of carbonyl (C=O) groups excluding carboxylic acids is 3. The van der Waals surface area contributed by atoms with Crippen LogP contribution in [0.15, 0.2) is 103 Å². The summed E-state index contributed by atoms with van der Waals surface area (Å²) in [5, 5.41) is 12.9. The number of unbranched alkanes of at least 4 members (excludes halogenated alkanes) is 1. The number of allylic oxidation sites excluding steroid dienone is 1. The number of imide groups is 1. The number of aromatic hydroxyl groups is 1. The molecule has 53 heavy (non-hydrogen) atoms. The number of phenolic OH excluding ortho intramolecular Hbond substituents is 1. The Morgan fingerprint density at radius 1 is 0.774 bits per heavy atom. The Bertz CT molecular complexity index is 2020. The van der Waals surface area contributed by atoms with Gasteiger partial charge in [0.1, 0.15) is 17.5 Å². The Kier molecular flexibility index (Phi) is 9.75. The number of ether oxygens (including phenoxy) is 1. The first-order valence-corrected chi connectivity index (χ1v) is 18.9. The Hall–Kier alpha value is -5.41. The number of nitrogens with one attached hydrogen (secondary N) is 1. The molecule has 0 spiro atoms. The molecule has 9 heteroatoms. The predicted molar refractivity (Wildman–Crippen MR) is 205 cm³/mol. The second-order valence-electron chi connectivity index (χ2n) is 14.7. The minimum atomic E-state index is -0.824. The van der Waals surface area contributed by atoms with Crippen molar-refractivity contribution in [3.8, 4) is 11.5 Å². The molecule has 3 amide bonds. The van der Waals surface area contributed by atoms with E-state index in [0.29, 0.717) is 48.1 Å². The van der Waals surface area contributed by atoms with E-state index in [-0.39, 0.29) is 17.4 Å². The summed E-state index contributed by atoms with van der Waals surface area (Å²) in [5.74, 6) is 0.263. The molecule has 8 rings (SSSR count). The largest absolute Gasteiger partial charge is 0.508 e. The minimum Gasteiger partial charge on any atom is -0.508 e. The summed E-state index contributed by atoms with van der Waals surface area (Å²) in [6, 6.07) is 30.1. The number of rotatable bonds is 10. The lowest BCUT2D eigenvalue weighted by Crippen LogP contribution is -2.51. The van der Waals surface area contributed by atoms with Gasteiger partial charge in [-0.2, -0.15) is 0 Å². The summed E-state index contributed by atoms with van der Waals surface area (Å²) in [4.78, 5) is 44.7. The molecule has 4 aliphatic rings. The van der Waals surface area contributed by atoms with Gasteiger partial charge in [0.15, 0.2) is 0 Å². The van der Waals surface area contributed by atoms with E-state index in [1.54, 1.807) is 18.2 Å². The van der Waals surface area contributed by atoms with Gasteiger partial charge in [-0.1, -0.05) is 55.1 Å². The van der Waals surface area contributed by atoms with Gasteiger partial charge in [0.2, 0.25) is 5.91 Å². The monoisotopic (exact) mass is 710 g/mol. The molecule has 3 aliphatic heterocycles. The molecule has 1 aliphatic carbocycles. The molecule has 272 valence electrons. The molecule has 1 unspecified atom stereocenters. The fourth-order valence-corrected chi connectivity index (χ4v) is 8.65. The summed E-state index contributed by atoms with van der Waals surface area (Å²) in [5.41, 5.74) is 7.70. The number of fused-ring (bicyclic) bond motifs is 2. The SMILES string of the molecule is C=C1CCC(N2C(=O)c3ccc(OCCCCN4CCN(c5ccc([C@H]6c7ccc(O)cc7CC[C@H]6c6ccccc6)cc5)CC4)cc3C2=O)C(=O)N1. The first-order chi connectivity index (χ1) is 25.8. The highest BCUT2D eigenvalue weighted by Crippen LogP contribution is 2.47. The number of phenols is 1. The van der Waals surface area contributed by atoms with Gasteiger partial charge >= 0.3 is 0 Å². The Morgan fingerprint density at radius 3 is 2.32 bits per heavy atom. The van der Waals surface area contributed by atoms with Gasteiger partial charge < -0.3 is 20.1 Å². The fraction of sp³-hybridized carbons (Fsp3) is 0.341. The van der Waals surface area contributed by atoms with Gasteiger partial charge in [0, 0.05) is 43.5 Å². The highest BCUT2D eigenvalue weighted by Gasteiger charge is 2.44. The first kappa shape index (κ1) is 34.7. The molecule has 0 aromatic heterocycles. The van der Waals surface area contributed by atoms with Gasteiger partial charge in [-0.05, 0) is 116 Å². The lowest BCUT2D eigenvalue weighted by Gasteiger charge is -2.37. The van der Waals surface area contributed by atoms with Crippen molar-refractivity contribution in [2.45, 2.75) is 56.4 Å². The molecule has 4 aromatic rings. The van der Waals surface area contributed by atoms with E-state index < -0.39 is 17.9 Å². The molecule has 9 nitrogen and oxygen atoms in total. The molecule has 0 radical (unpaired) electrons. The van der Waals surface area contributed by atoms with E-state index in [4.69, 9.17) is 4.74 Å².